The molecule has 1 aliphatic heterocycles. The fourth-order valence-electron chi connectivity index (χ4n) is 1.48. The van der Waals surface area contributed by atoms with E-state index in [4.69, 9.17) is 5.73 Å². The second-order valence-electron chi connectivity index (χ2n) is 4.16. The summed E-state index contributed by atoms with van der Waals surface area (Å²) in [6.45, 7) is 8.58. The van der Waals surface area contributed by atoms with Crippen molar-refractivity contribution in [3.05, 3.63) is 0 Å². The molecule has 0 aromatic carbocycles. The van der Waals surface area contributed by atoms with Crippen molar-refractivity contribution in [2.24, 2.45) is 10.8 Å². The zero-order chi connectivity index (χ0) is 8.65. The lowest BCUT2D eigenvalue weighted by molar-refractivity contribution is 0.113. The van der Waals surface area contributed by atoms with Crippen molar-refractivity contribution in [3.63, 3.8) is 0 Å². The van der Waals surface area contributed by atoms with E-state index in [-0.39, 0.29) is 5.54 Å². The van der Waals surface area contributed by atoms with Crippen molar-refractivity contribution < 1.29 is 0 Å². The van der Waals surface area contributed by atoms with Crippen molar-refractivity contribution >= 4 is 5.84 Å². The summed E-state index contributed by atoms with van der Waals surface area (Å²) < 4.78 is 0. The number of nitrogens with two attached hydrogens (primary N) is 1. The normalized spacial score (nSPS) is 25.6. The van der Waals surface area contributed by atoms with E-state index in [1.807, 2.05) is 0 Å². The van der Waals surface area contributed by atoms with Crippen molar-refractivity contribution in [2.45, 2.75) is 45.7 Å². The quantitative estimate of drug-likeness (QED) is 0.570. The van der Waals surface area contributed by atoms with E-state index < -0.39 is 0 Å². The molecule has 1 heterocycles. The molecule has 0 saturated heterocycles. The van der Waals surface area contributed by atoms with Crippen LogP contribution < -0.4 is 5.73 Å². The molecule has 0 aromatic rings. The van der Waals surface area contributed by atoms with Crippen molar-refractivity contribution in [2.75, 3.05) is 0 Å². The molecule has 11 heavy (non-hydrogen) atoms. The predicted molar refractivity (Wildman–Crippen MR) is 47.3 cm³/mol. The Hall–Kier alpha value is -0.730. The fraction of sp³-hybridized carbons (Fsp3) is 0.875. The van der Waals surface area contributed by atoms with Gasteiger partial charge < -0.3 is 5.73 Å². The number of hydrogen-bond donors (Lipinski definition) is 1. The number of amidine groups is 1. The molecule has 1 rings (SSSR count). The van der Waals surface area contributed by atoms with Gasteiger partial charge in [0, 0.05) is 12.0 Å². The van der Waals surface area contributed by atoms with Crippen LogP contribution in [0.2, 0.25) is 0 Å². The maximum atomic E-state index is 5.62. The summed E-state index contributed by atoms with van der Waals surface area (Å²) in [5.74, 6) is 0.757. The van der Waals surface area contributed by atoms with Gasteiger partial charge in [0.15, 0.2) is 0 Å². The summed E-state index contributed by atoms with van der Waals surface area (Å²) in [6.07, 6.45) is 0.900. The Morgan fingerprint density at radius 3 is 2.27 bits per heavy atom. The number of hydrazone groups is 1. The Bertz CT molecular complexity index is 178. The lowest BCUT2D eigenvalue weighted by Gasteiger charge is -2.33. The van der Waals surface area contributed by atoms with Gasteiger partial charge >= 0.3 is 0 Å². The van der Waals surface area contributed by atoms with Gasteiger partial charge in [0.2, 0.25) is 0 Å². The summed E-state index contributed by atoms with van der Waals surface area (Å²) in [5, 5.41) is 6.34. The molecule has 3 heteroatoms. The smallest absolute Gasteiger partial charge is 0.121 e. The standard InChI is InChI=1S/C8H17N3/c1-6-5-7(9)10-11(6)8(2,3)4/h6H,5H2,1-4H3,(H2,9,10). The summed E-state index contributed by atoms with van der Waals surface area (Å²) in [7, 11) is 0. The molecule has 0 aliphatic carbocycles. The predicted octanol–water partition coefficient (Wildman–Crippen LogP) is 1.15. The van der Waals surface area contributed by atoms with Gasteiger partial charge in [-0.2, -0.15) is 5.10 Å². The molecular weight excluding hydrogens is 138 g/mol. The number of rotatable bonds is 0. The highest BCUT2D eigenvalue weighted by molar-refractivity contribution is 5.82. The van der Waals surface area contributed by atoms with E-state index in [0.717, 1.165) is 12.3 Å². The monoisotopic (exact) mass is 155 g/mol. The molecular formula is C8H17N3. The first kappa shape index (κ1) is 8.37. The molecule has 1 aliphatic rings. The van der Waals surface area contributed by atoms with Crippen LogP contribution in [0.1, 0.15) is 34.1 Å². The minimum Gasteiger partial charge on any atom is -0.386 e. The summed E-state index contributed by atoms with van der Waals surface area (Å²) in [5.41, 5.74) is 5.72. The van der Waals surface area contributed by atoms with Crippen molar-refractivity contribution in [1.29, 1.82) is 0 Å². The maximum absolute atomic E-state index is 5.62. The van der Waals surface area contributed by atoms with Crippen LogP contribution in [0.15, 0.2) is 5.10 Å². The van der Waals surface area contributed by atoms with E-state index in [2.05, 4.69) is 37.8 Å². The van der Waals surface area contributed by atoms with Crippen molar-refractivity contribution in [3.8, 4) is 0 Å². The molecule has 0 bridgehead atoms. The Morgan fingerprint density at radius 2 is 2.09 bits per heavy atom. The lowest BCUT2D eigenvalue weighted by atomic mass is 10.1. The average molecular weight is 155 g/mol. The van der Waals surface area contributed by atoms with E-state index in [9.17, 15) is 0 Å². The number of nitrogens with zero attached hydrogens (tertiary/aromatic N) is 2. The maximum Gasteiger partial charge on any atom is 0.121 e. The van der Waals surface area contributed by atoms with Crippen LogP contribution in [0, 0.1) is 0 Å². The first-order valence-electron chi connectivity index (χ1n) is 4.03. The number of hydrogen-bond acceptors (Lipinski definition) is 3. The van der Waals surface area contributed by atoms with E-state index >= 15 is 0 Å². The first-order valence-corrected chi connectivity index (χ1v) is 4.03. The molecule has 0 amide bonds. The molecule has 0 saturated carbocycles. The lowest BCUT2D eigenvalue weighted by Crippen LogP contribution is -2.40. The average Bonchev–Trinajstić information content (AvgIpc) is 2.08. The van der Waals surface area contributed by atoms with Crippen LogP contribution in [0.3, 0.4) is 0 Å². The van der Waals surface area contributed by atoms with Gasteiger partial charge in [-0.25, -0.2) is 0 Å². The SMILES string of the molecule is CC1CC(N)=NN1C(C)(C)C. The summed E-state index contributed by atoms with van der Waals surface area (Å²) in [4.78, 5) is 0. The third-order valence-electron chi connectivity index (χ3n) is 1.85. The molecule has 0 radical (unpaired) electrons. The Kier molecular flexibility index (Phi) is 1.82. The molecule has 1 atom stereocenters. The van der Waals surface area contributed by atoms with Gasteiger partial charge in [-0.3, -0.25) is 5.01 Å². The van der Waals surface area contributed by atoms with E-state index in [0.29, 0.717) is 6.04 Å². The van der Waals surface area contributed by atoms with Crippen LogP contribution in [0.4, 0.5) is 0 Å². The second-order valence-corrected chi connectivity index (χ2v) is 4.16. The molecule has 1 unspecified atom stereocenters. The minimum absolute atomic E-state index is 0.0978. The van der Waals surface area contributed by atoms with Crippen LogP contribution in [-0.4, -0.2) is 22.4 Å². The highest BCUT2D eigenvalue weighted by Crippen LogP contribution is 2.23. The molecule has 2 N–H and O–H groups in total. The highest BCUT2D eigenvalue weighted by atomic mass is 15.5. The molecule has 0 spiro atoms. The van der Waals surface area contributed by atoms with Gasteiger partial charge in [-0.15, -0.1) is 0 Å². The zero-order valence-corrected chi connectivity index (χ0v) is 7.76. The van der Waals surface area contributed by atoms with Crippen LogP contribution in [-0.2, 0) is 0 Å². The van der Waals surface area contributed by atoms with Gasteiger partial charge in [-0.05, 0) is 27.7 Å². The zero-order valence-electron chi connectivity index (χ0n) is 7.76. The first-order chi connectivity index (χ1) is 4.91. The van der Waals surface area contributed by atoms with E-state index in [1.54, 1.807) is 0 Å². The van der Waals surface area contributed by atoms with Crippen LogP contribution in [0.5, 0.6) is 0 Å². The Morgan fingerprint density at radius 1 is 1.55 bits per heavy atom. The van der Waals surface area contributed by atoms with E-state index in [1.165, 1.54) is 0 Å². The molecule has 3 nitrogen and oxygen atoms in total. The Balaban J connectivity index is 2.74. The fourth-order valence-corrected chi connectivity index (χ4v) is 1.48. The largest absolute Gasteiger partial charge is 0.386 e. The topological polar surface area (TPSA) is 41.6 Å². The van der Waals surface area contributed by atoms with Gasteiger partial charge in [-0.1, -0.05) is 0 Å². The van der Waals surface area contributed by atoms with Gasteiger partial charge in [0.05, 0.1) is 6.04 Å². The third kappa shape index (κ3) is 1.64. The Labute approximate surface area is 68.3 Å². The van der Waals surface area contributed by atoms with Crippen LogP contribution in [0.25, 0.3) is 0 Å². The molecule has 0 aromatic heterocycles. The van der Waals surface area contributed by atoms with Gasteiger partial charge in [0.1, 0.15) is 5.84 Å². The molecule has 64 valence electrons. The highest BCUT2D eigenvalue weighted by Gasteiger charge is 2.29. The summed E-state index contributed by atoms with van der Waals surface area (Å²) in [6, 6.07) is 0.454. The van der Waals surface area contributed by atoms with Crippen molar-refractivity contribution in [1.82, 2.24) is 5.01 Å². The second kappa shape index (κ2) is 2.40. The minimum atomic E-state index is 0.0978. The van der Waals surface area contributed by atoms with Crippen LogP contribution >= 0.6 is 0 Å². The molecule has 0 fully saturated rings. The third-order valence-corrected chi connectivity index (χ3v) is 1.85. The van der Waals surface area contributed by atoms with Gasteiger partial charge in [0.25, 0.3) is 0 Å². The summed E-state index contributed by atoms with van der Waals surface area (Å²) >= 11 is 0.